The molecule has 0 aliphatic rings. The topological polar surface area (TPSA) is 61.0 Å². The van der Waals surface area contributed by atoms with Crippen LogP contribution in [0.5, 0.6) is 11.6 Å². The first-order valence-electron chi connectivity index (χ1n) is 4.27. The molecule has 2 rings (SSSR count). The SMILES string of the molecule is Nc1ccc(Oc2cccc(I)c2)nn1. The van der Waals surface area contributed by atoms with E-state index >= 15 is 0 Å². The third kappa shape index (κ3) is 2.79. The summed E-state index contributed by atoms with van der Waals surface area (Å²) in [6.07, 6.45) is 0. The summed E-state index contributed by atoms with van der Waals surface area (Å²) in [5.41, 5.74) is 5.41. The van der Waals surface area contributed by atoms with E-state index in [9.17, 15) is 0 Å². The van der Waals surface area contributed by atoms with Crippen molar-refractivity contribution in [3.8, 4) is 11.6 Å². The number of benzene rings is 1. The molecule has 0 spiro atoms. The van der Waals surface area contributed by atoms with Crippen LogP contribution in [-0.4, -0.2) is 10.2 Å². The fourth-order valence-electron chi connectivity index (χ4n) is 1.04. The van der Waals surface area contributed by atoms with Crippen molar-refractivity contribution in [2.45, 2.75) is 0 Å². The summed E-state index contributed by atoms with van der Waals surface area (Å²) in [5.74, 6) is 1.55. The van der Waals surface area contributed by atoms with Crippen molar-refractivity contribution in [1.29, 1.82) is 0 Å². The second-order valence-corrected chi connectivity index (χ2v) is 4.10. The van der Waals surface area contributed by atoms with Gasteiger partial charge in [0.1, 0.15) is 11.6 Å². The molecular formula is C10H8IN3O. The van der Waals surface area contributed by atoms with Gasteiger partial charge in [-0.05, 0) is 46.9 Å². The second kappa shape index (κ2) is 4.43. The Kier molecular flexibility index (Phi) is 3.00. The normalized spacial score (nSPS) is 9.93. The van der Waals surface area contributed by atoms with E-state index in [2.05, 4.69) is 32.8 Å². The summed E-state index contributed by atoms with van der Waals surface area (Å²) in [6.45, 7) is 0. The van der Waals surface area contributed by atoms with Gasteiger partial charge in [-0.3, -0.25) is 0 Å². The number of ether oxygens (including phenoxy) is 1. The standard InChI is InChI=1S/C10H8IN3O/c11-7-2-1-3-8(6-7)15-10-5-4-9(12)13-14-10/h1-6H,(H2,12,13). The first-order chi connectivity index (χ1) is 7.24. The van der Waals surface area contributed by atoms with Crippen LogP contribution < -0.4 is 10.5 Å². The zero-order valence-corrected chi connectivity index (χ0v) is 9.88. The van der Waals surface area contributed by atoms with E-state index in [0.717, 1.165) is 9.32 Å². The summed E-state index contributed by atoms with van der Waals surface area (Å²) >= 11 is 2.22. The van der Waals surface area contributed by atoms with Crippen LogP contribution >= 0.6 is 22.6 Å². The highest BCUT2D eigenvalue weighted by Gasteiger charge is 1.99. The monoisotopic (exact) mass is 313 g/mol. The number of anilines is 1. The molecule has 2 N–H and O–H groups in total. The Morgan fingerprint density at radius 3 is 2.67 bits per heavy atom. The molecule has 1 aromatic heterocycles. The van der Waals surface area contributed by atoms with E-state index < -0.39 is 0 Å². The van der Waals surface area contributed by atoms with E-state index in [1.165, 1.54) is 0 Å². The fourth-order valence-corrected chi connectivity index (χ4v) is 1.55. The lowest BCUT2D eigenvalue weighted by molar-refractivity contribution is 0.455. The maximum atomic E-state index is 5.48. The molecule has 1 heterocycles. The quantitative estimate of drug-likeness (QED) is 0.865. The van der Waals surface area contributed by atoms with Crippen LogP contribution in [0.15, 0.2) is 36.4 Å². The van der Waals surface area contributed by atoms with Crippen molar-refractivity contribution in [3.63, 3.8) is 0 Å². The second-order valence-electron chi connectivity index (χ2n) is 2.86. The molecule has 15 heavy (non-hydrogen) atoms. The van der Waals surface area contributed by atoms with Crippen molar-refractivity contribution in [3.05, 3.63) is 40.0 Å². The van der Waals surface area contributed by atoms with Crippen LogP contribution in [0.25, 0.3) is 0 Å². The molecular weight excluding hydrogens is 305 g/mol. The Morgan fingerprint density at radius 2 is 2.00 bits per heavy atom. The van der Waals surface area contributed by atoms with E-state index in [4.69, 9.17) is 10.5 Å². The van der Waals surface area contributed by atoms with Gasteiger partial charge in [0.25, 0.3) is 0 Å². The molecule has 76 valence electrons. The predicted molar refractivity (Wildman–Crippen MR) is 65.7 cm³/mol. The number of rotatable bonds is 2. The van der Waals surface area contributed by atoms with Gasteiger partial charge < -0.3 is 10.5 Å². The molecule has 0 aliphatic carbocycles. The smallest absolute Gasteiger partial charge is 0.238 e. The van der Waals surface area contributed by atoms with Crippen molar-refractivity contribution >= 4 is 28.4 Å². The Morgan fingerprint density at radius 1 is 1.13 bits per heavy atom. The minimum absolute atomic E-state index is 0.380. The predicted octanol–water partition coefficient (Wildman–Crippen LogP) is 2.46. The summed E-state index contributed by atoms with van der Waals surface area (Å²) in [4.78, 5) is 0. The van der Waals surface area contributed by atoms with Gasteiger partial charge in [-0.1, -0.05) is 6.07 Å². The highest BCUT2D eigenvalue weighted by atomic mass is 127. The molecule has 0 aliphatic heterocycles. The van der Waals surface area contributed by atoms with Gasteiger partial charge in [-0.25, -0.2) is 0 Å². The molecule has 0 radical (unpaired) electrons. The average molecular weight is 313 g/mol. The number of halogens is 1. The zero-order valence-electron chi connectivity index (χ0n) is 7.72. The van der Waals surface area contributed by atoms with Gasteiger partial charge in [0, 0.05) is 9.64 Å². The zero-order chi connectivity index (χ0) is 10.7. The van der Waals surface area contributed by atoms with Crippen molar-refractivity contribution < 1.29 is 4.74 Å². The Bertz CT molecular complexity index is 458. The van der Waals surface area contributed by atoms with Crippen LogP contribution in [0.2, 0.25) is 0 Å². The fraction of sp³-hybridized carbons (Fsp3) is 0. The van der Waals surface area contributed by atoms with Gasteiger partial charge in [-0.15, -0.1) is 10.2 Å². The third-order valence-corrected chi connectivity index (χ3v) is 2.35. The van der Waals surface area contributed by atoms with Crippen LogP contribution in [-0.2, 0) is 0 Å². The maximum Gasteiger partial charge on any atom is 0.238 e. The number of hydrogen-bond donors (Lipinski definition) is 1. The van der Waals surface area contributed by atoms with Crippen LogP contribution in [0.4, 0.5) is 5.82 Å². The molecule has 0 atom stereocenters. The molecule has 2 aromatic rings. The lowest BCUT2D eigenvalue weighted by Gasteiger charge is -2.03. The molecule has 0 fully saturated rings. The molecule has 0 amide bonds. The summed E-state index contributed by atoms with van der Waals surface area (Å²) in [6, 6.07) is 11.0. The maximum absolute atomic E-state index is 5.48. The molecule has 0 saturated heterocycles. The number of nitrogens with two attached hydrogens (primary N) is 1. The van der Waals surface area contributed by atoms with Crippen LogP contribution in [0.3, 0.4) is 0 Å². The largest absolute Gasteiger partial charge is 0.437 e. The summed E-state index contributed by atoms with van der Waals surface area (Å²) in [7, 11) is 0. The van der Waals surface area contributed by atoms with Crippen molar-refractivity contribution in [1.82, 2.24) is 10.2 Å². The van der Waals surface area contributed by atoms with Gasteiger partial charge >= 0.3 is 0 Å². The third-order valence-electron chi connectivity index (χ3n) is 1.68. The number of nitrogens with zero attached hydrogens (tertiary/aromatic N) is 2. The molecule has 5 heteroatoms. The van der Waals surface area contributed by atoms with E-state index in [1.807, 2.05) is 24.3 Å². The Labute approximate surface area is 101 Å². The Hall–Kier alpha value is -1.37. The molecule has 1 aromatic carbocycles. The molecule has 0 saturated carbocycles. The van der Waals surface area contributed by atoms with Gasteiger partial charge in [0.15, 0.2) is 0 Å². The van der Waals surface area contributed by atoms with Gasteiger partial charge in [0.2, 0.25) is 5.88 Å². The minimum atomic E-state index is 0.380. The van der Waals surface area contributed by atoms with Gasteiger partial charge in [-0.2, -0.15) is 0 Å². The minimum Gasteiger partial charge on any atom is -0.437 e. The molecule has 0 bridgehead atoms. The number of nitrogen functional groups attached to an aromatic ring is 1. The Balaban J connectivity index is 2.18. The van der Waals surface area contributed by atoms with E-state index in [1.54, 1.807) is 12.1 Å². The average Bonchev–Trinajstić information content (AvgIpc) is 2.22. The molecule has 4 nitrogen and oxygen atoms in total. The lowest BCUT2D eigenvalue weighted by Crippen LogP contribution is -1.94. The van der Waals surface area contributed by atoms with E-state index in [-0.39, 0.29) is 0 Å². The highest BCUT2D eigenvalue weighted by Crippen LogP contribution is 2.20. The summed E-state index contributed by atoms with van der Waals surface area (Å²) in [5, 5.41) is 7.50. The van der Waals surface area contributed by atoms with Crippen molar-refractivity contribution in [2.75, 3.05) is 5.73 Å². The van der Waals surface area contributed by atoms with Gasteiger partial charge in [0.05, 0.1) is 0 Å². The van der Waals surface area contributed by atoms with Crippen LogP contribution in [0.1, 0.15) is 0 Å². The highest BCUT2D eigenvalue weighted by molar-refractivity contribution is 14.1. The van der Waals surface area contributed by atoms with Crippen molar-refractivity contribution in [2.24, 2.45) is 0 Å². The first-order valence-corrected chi connectivity index (χ1v) is 5.34. The van der Waals surface area contributed by atoms with E-state index in [0.29, 0.717) is 11.7 Å². The van der Waals surface area contributed by atoms with Crippen LogP contribution in [0, 0.1) is 3.57 Å². The lowest BCUT2D eigenvalue weighted by atomic mass is 10.3. The summed E-state index contributed by atoms with van der Waals surface area (Å²) < 4.78 is 6.59. The first kappa shape index (κ1) is 10.2. The number of aromatic nitrogens is 2. The number of hydrogen-bond acceptors (Lipinski definition) is 4. The molecule has 0 unspecified atom stereocenters.